The van der Waals surface area contributed by atoms with Crippen molar-refractivity contribution in [2.75, 3.05) is 18.2 Å². The standard InChI is InChI=1S/C22H18ClNO3S2/c1-28-16-11-12-18(23)17(13-16)22(26)27-14-21(25)24-19-9-5-6-10-20(19)29-15-7-3-2-4-8-15/h2-13H,14H2,1H3,(H,24,25). The zero-order valence-corrected chi connectivity index (χ0v) is 17.9. The number of nitrogens with one attached hydrogen (secondary N) is 1. The van der Waals surface area contributed by atoms with Gasteiger partial charge in [-0.3, -0.25) is 4.79 Å². The number of carbonyl (C=O) groups excluding carboxylic acids is 2. The second-order valence-corrected chi connectivity index (χ2v) is 8.28. The lowest BCUT2D eigenvalue weighted by Crippen LogP contribution is -2.21. The average Bonchev–Trinajstić information content (AvgIpc) is 2.74. The predicted octanol–water partition coefficient (Wildman–Crippen LogP) is 6.01. The zero-order valence-electron chi connectivity index (χ0n) is 15.6. The van der Waals surface area contributed by atoms with Crippen molar-refractivity contribution in [3.63, 3.8) is 0 Å². The van der Waals surface area contributed by atoms with Gasteiger partial charge in [-0.05, 0) is 48.7 Å². The van der Waals surface area contributed by atoms with Crippen molar-refractivity contribution in [2.24, 2.45) is 0 Å². The van der Waals surface area contributed by atoms with E-state index in [0.717, 1.165) is 14.7 Å². The number of hydrogen-bond donors (Lipinski definition) is 1. The minimum atomic E-state index is -0.631. The van der Waals surface area contributed by atoms with Crippen molar-refractivity contribution < 1.29 is 14.3 Å². The van der Waals surface area contributed by atoms with Gasteiger partial charge in [0.25, 0.3) is 5.91 Å². The Morgan fingerprint density at radius 2 is 1.69 bits per heavy atom. The summed E-state index contributed by atoms with van der Waals surface area (Å²) in [4.78, 5) is 27.5. The first-order valence-electron chi connectivity index (χ1n) is 8.69. The van der Waals surface area contributed by atoms with Crippen LogP contribution in [0.3, 0.4) is 0 Å². The Morgan fingerprint density at radius 3 is 2.45 bits per heavy atom. The molecule has 0 spiro atoms. The topological polar surface area (TPSA) is 55.4 Å². The van der Waals surface area contributed by atoms with E-state index in [-0.39, 0.29) is 10.6 Å². The van der Waals surface area contributed by atoms with E-state index in [1.54, 1.807) is 23.9 Å². The number of carbonyl (C=O) groups is 2. The van der Waals surface area contributed by atoms with Crippen molar-refractivity contribution in [1.82, 2.24) is 0 Å². The smallest absolute Gasteiger partial charge is 0.340 e. The molecule has 4 nitrogen and oxygen atoms in total. The summed E-state index contributed by atoms with van der Waals surface area (Å²) < 4.78 is 5.15. The Labute approximate surface area is 183 Å². The Balaban J connectivity index is 1.62. The number of hydrogen-bond acceptors (Lipinski definition) is 5. The van der Waals surface area contributed by atoms with Crippen LogP contribution in [0.5, 0.6) is 0 Å². The molecule has 1 amide bonds. The molecule has 0 unspecified atom stereocenters. The van der Waals surface area contributed by atoms with Crippen molar-refractivity contribution in [2.45, 2.75) is 14.7 Å². The molecule has 0 bridgehead atoms. The van der Waals surface area contributed by atoms with Gasteiger partial charge < -0.3 is 10.1 Å². The number of esters is 1. The van der Waals surface area contributed by atoms with E-state index in [4.69, 9.17) is 16.3 Å². The first kappa shape index (κ1) is 21.3. The molecule has 0 heterocycles. The largest absolute Gasteiger partial charge is 0.452 e. The summed E-state index contributed by atoms with van der Waals surface area (Å²) >= 11 is 9.11. The number of thioether (sulfide) groups is 1. The normalized spacial score (nSPS) is 10.4. The molecule has 0 saturated carbocycles. The predicted molar refractivity (Wildman–Crippen MR) is 119 cm³/mol. The summed E-state index contributed by atoms with van der Waals surface area (Å²) in [7, 11) is 0. The fourth-order valence-electron chi connectivity index (χ4n) is 2.46. The molecule has 148 valence electrons. The molecule has 0 saturated heterocycles. The molecule has 0 aliphatic carbocycles. The van der Waals surface area contributed by atoms with Gasteiger partial charge in [-0.2, -0.15) is 0 Å². The fourth-order valence-corrected chi connectivity index (χ4v) is 4.01. The summed E-state index contributed by atoms with van der Waals surface area (Å²) in [6.45, 7) is -0.400. The van der Waals surface area contributed by atoms with Crippen molar-refractivity contribution >= 4 is 52.7 Å². The van der Waals surface area contributed by atoms with E-state index < -0.39 is 18.5 Å². The van der Waals surface area contributed by atoms with Crippen molar-refractivity contribution in [1.29, 1.82) is 0 Å². The molecule has 0 fully saturated rings. The van der Waals surface area contributed by atoms with Crippen LogP contribution in [0.2, 0.25) is 5.02 Å². The maximum atomic E-state index is 12.3. The molecular formula is C22H18ClNO3S2. The van der Waals surface area contributed by atoms with Crippen LogP contribution >= 0.6 is 35.1 Å². The molecule has 0 atom stereocenters. The highest BCUT2D eigenvalue weighted by molar-refractivity contribution is 7.99. The monoisotopic (exact) mass is 443 g/mol. The number of benzene rings is 3. The van der Waals surface area contributed by atoms with Crippen LogP contribution in [-0.4, -0.2) is 24.7 Å². The third-order valence-electron chi connectivity index (χ3n) is 3.86. The van der Waals surface area contributed by atoms with Crippen molar-refractivity contribution in [3.05, 3.63) is 83.4 Å². The third kappa shape index (κ3) is 6.03. The summed E-state index contributed by atoms with van der Waals surface area (Å²) in [6.07, 6.45) is 1.90. The summed E-state index contributed by atoms with van der Waals surface area (Å²) in [5.74, 6) is -1.05. The number of ether oxygens (including phenoxy) is 1. The minimum absolute atomic E-state index is 0.242. The van der Waals surface area contributed by atoms with Crippen molar-refractivity contribution in [3.8, 4) is 0 Å². The van der Waals surface area contributed by atoms with E-state index in [9.17, 15) is 9.59 Å². The second kappa shape index (κ2) is 10.4. The highest BCUT2D eigenvalue weighted by Gasteiger charge is 2.15. The van der Waals surface area contributed by atoms with E-state index >= 15 is 0 Å². The Kier molecular flexibility index (Phi) is 7.63. The maximum absolute atomic E-state index is 12.3. The van der Waals surface area contributed by atoms with Gasteiger partial charge in [0.2, 0.25) is 0 Å². The molecule has 3 rings (SSSR count). The third-order valence-corrected chi connectivity index (χ3v) is 6.00. The lowest BCUT2D eigenvalue weighted by Gasteiger charge is -2.11. The summed E-state index contributed by atoms with van der Waals surface area (Å²) in [5.41, 5.74) is 0.899. The van der Waals surface area contributed by atoms with Crippen LogP contribution in [0, 0.1) is 0 Å². The molecule has 0 aliphatic heterocycles. The van der Waals surface area contributed by atoms with Crippen LogP contribution in [0.1, 0.15) is 10.4 Å². The number of halogens is 1. The van der Waals surface area contributed by atoms with Crippen LogP contribution in [0.25, 0.3) is 0 Å². The van der Waals surface area contributed by atoms with Gasteiger partial charge in [-0.1, -0.05) is 53.7 Å². The number of rotatable bonds is 7. The first-order valence-corrected chi connectivity index (χ1v) is 11.1. The fraction of sp³-hybridized carbons (Fsp3) is 0.0909. The van der Waals surface area contributed by atoms with Gasteiger partial charge in [0.15, 0.2) is 6.61 Å². The lowest BCUT2D eigenvalue weighted by molar-refractivity contribution is -0.119. The maximum Gasteiger partial charge on any atom is 0.340 e. The lowest BCUT2D eigenvalue weighted by atomic mass is 10.2. The van der Waals surface area contributed by atoms with E-state index in [0.29, 0.717) is 5.69 Å². The summed E-state index contributed by atoms with van der Waals surface area (Å²) in [6, 6.07) is 22.4. The number of amides is 1. The van der Waals surface area contributed by atoms with Crippen LogP contribution in [0.4, 0.5) is 5.69 Å². The molecule has 3 aromatic carbocycles. The molecule has 0 radical (unpaired) electrons. The van der Waals surface area contributed by atoms with Gasteiger partial charge in [-0.15, -0.1) is 11.8 Å². The Hall–Kier alpha value is -2.41. The molecule has 7 heteroatoms. The van der Waals surface area contributed by atoms with Crippen LogP contribution in [0.15, 0.2) is 87.5 Å². The molecule has 0 aromatic heterocycles. The van der Waals surface area contributed by atoms with E-state index in [2.05, 4.69) is 5.32 Å². The zero-order chi connectivity index (χ0) is 20.6. The molecular weight excluding hydrogens is 426 g/mol. The molecule has 29 heavy (non-hydrogen) atoms. The molecule has 0 aliphatic rings. The summed E-state index contributed by atoms with van der Waals surface area (Å²) in [5, 5.41) is 3.09. The SMILES string of the molecule is CSc1ccc(Cl)c(C(=O)OCC(=O)Nc2ccccc2Sc2ccccc2)c1. The Morgan fingerprint density at radius 1 is 0.966 bits per heavy atom. The quantitative estimate of drug-likeness (QED) is 0.358. The number of para-hydroxylation sites is 1. The van der Waals surface area contributed by atoms with E-state index in [1.165, 1.54) is 11.8 Å². The first-order chi connectivity index (χ1) is 14.1. The van der Waals surface area contributed by atoms with Gasteiger partial charge in [-0.25, -0.2) is 4.79 Å². The highest BCUT2D eigenvalue weighted by Crippen LogP contribution is 2.33. The molecule has 3 aromatic rings. The van der Waals surface area contributed by atoms with Gasteiger partial charge in [0, 0.05) is 14.7 Å². The van der Waals surface area contributed by atoms with Crippen LogP contribution < -0.4 is 5.32 Å². The average molecular weight is 444 g/mol. The minimum Gasteiger partial charge on any atom is -0.452 e. The van der Waals surface area contributed by atoms with Gasteiger partial charge in [0.1, 0.15) is 0 Å². The van der Waals surface area contributed by atoms with Crippen LogP contribution in [-0.2, 0) is 9.53 Å². The van der Waals surface area contributed by atoms with Gasteiger partial charge in [0.05, 0.1) is 16.3 Å². The second-order valence-electron chi connectivity index (χ2n) is 5.88. The van der Waals surface area contributed by atoms with Gasteiger partial charge >= 0.3 is 5.97 Å². The highest BCUT2D eigenvalue weighted by atomic mass is 35.5. The number of anilines is 1. The Bertz CT molecular complexity index is 1010. The van der Waals surface area contributed by atoms with E-state index in [1.807, 2.05) is 66.9 Å². The molecule has 1 N–H and O–H groups in total.